The Bertz CT molecular complexity index is 1520. The zero-order chi connectivity index (χ0) is 24.4. The highest BCUT2D eigenvalue weighted by Gasteiger charge is 2.27. The van der Waals surface area contributed by atoms with Crippen LogP contribution in [-0.4, -0.2) is 24.3 Å². The van der Waals surface area contributed by atoms with E-state index < -0.39 is 12.1 Å². The van der Waals surface area contributed by atoms with Gasteiger partial charge in [-0.1, -0.05) is 72.8 Å². The second kappa shape index (κ2) is 9.19. The Morgan fingerprint density at radius 2 is 1.34 bits per heavy atom. The number of aromatic carboxylic acids is 1. The number of ether oxygens (including phenoxy) is 1. The van der Waals surface area contributed by atoms with Gasteiger partial charge < -0.3 is 14.3 Å². The number of benzene rings is 4. The molecule has 0 radical (unpaired) electrons. The largest absolute Gasteiger partial charge is 0.478 e. The van der Waals surface area contributed by atoms with Gasteiger partial charge in [0.2, 0.25) is 5.88 Å². The molecule has 0 saturated heterocycles. The fraction of sp³-hybridized carbons (Fsp3) is 0.0345. The molecule has 1 heterocycles. The summed E-state index contributed by atoms with van der Waals surface area (Å²) in [5.41, 5.74) is 4.28. The van der Waals surface area contributed by atoms with Crippen molar-refractivity contribution in [2.45, 2.75) is 0 Å². The SMILES string of the molecule is COC(=O)N(c1cc2cc(-c3ccccc3)ccc2o1)c1ccc(-c2ccccc2)cc1C(=O)O. The fourth-order valence-corrected chi connectivity index (χ4v) is 4.06. The first-order valence-corrected chi connectivity index (χ1v) is 10.9. The zero-order valence-corrected chi connectivity index (χ0v) is 18.8. The van der Waals surface area contributed by atoms with Gasteiger partial charge in [0.05, 0.1) is 18.4 Å². The number of nitrogens with zero attached hydrogens (tertiary/aromatic N) is 1. The van der Waals surface area contributed by atoms with Crippen molar-refractivity contribution in [2.24, 2.45) is 0 Å². The van der Waals surface area contributed by atoms with E-state index in [2.05, 4.69) is 0 Å². The molecule has 35 heavy (non-hydrogen) atoms. The fourth-order valence-electron chi connectivity index (χ4n) is 4.06. The molecule has 0 aliphatic heterocycles. The number of carbonyl (C=O) groups is 2. The van der Waals surface area contributed by atoms with E-state index in [1.165, 1.54) is 7.11 Å². The summed E-state index contributed by atoms with van der Waals surface area (Å²) in [6.45, 7) is 0. The molecule has 6 nitrogen and oxygen atoms in total. The van der Waals surface area contributed by atoms with E-state index in [1.54, 1.807) is 24.3 Å². The van der Waals surface area contributed by atoms with Gasteiger partial charge in [-0.05, 0) is 46.5 Å². The molecule has 1 aromatic heterocycles. The van der Waals surface area contributed by atoms with Crippen molar-refractivity contribution in [3.8, 4) is 22.3 Å². The van der Waals surface area contributed by atoms with E-state index in [0.29, 0.717) is 11.1 Å². The van der Waals surface area contributed by atoms with Crippen molar-refractivity contribution in [1.29, 1.82) is 0 Å². The Labute approximate surface area is 201 Å². The number of anilines is 2. The first kappa shape index (κ1) is 22.0. The van der Waals surface area contributed by atoms with Crippen LogP contribution in [0.2, 0.25) is 0 Å². The van der Waals surface area contributed by atoms with Crippen molar-refractivity contribution in [1.82, 2.24) is 0 Å². The molecule has 0 unspecified atom stereocenters. The third kappa shape index (κ3) is 4.25. The van der Waals surface area contributed by atoms with Crippen molar-refractivity contribution in [3.63, 3.8) is 0 Å². The standard InChI is InChI=1S/C29H21NO5/c1-34-29(33)30(25-14-12-22(17-24(25)28(31)32)20-10-6-3-7-11-20)27-18-23-16-21(13-15-26(23)35-27)19-8-4-2-5-9-19/h2-18H,1H3,(H,31,32). The van der Waals surface area contributed by atoms with Gasteiger partial charge in [0.25, 0.3) is 0 Å². The van der Waals surface area contributed by atoms with Crippen LogP contribution in [0.3, 0.4) is 0 Å². The van der Waals surface area contributed by atoms with Crippen LogP contribution in [-0.2, 0) is 4.74 Å². The number of furan rings is 1. The molecule has 0 bridgehead atoms. The third-order valence-corrected chi connectivity index (χ3v) is 5.76. The lowest BCUT2D eigenvalue weighted by molar-refractivity contribution is 0.0698. The number of amides is 1. The molecule has 6 heteroatoms. The number of hydrogen-bond donors (Lipinski definition) is 1. The van der Waals surface area contributed by atoms with Crippen molar-refractivity contribution in [3.05, 3.63) is 109 Å². The van der Waals surface area contributed by atoms with E-state index >= 15 is 0 Å². The summed E-state index contributed by atoms with van der Waals surface area (Å²) in [5.74, 6) is -1.01. The van der Waals surface area contributed by atoms with Gasteiger partial charge in [-0.15, -0.1) is 0 Å². The smallest absolute Gasteiger partial charge is 0.421 e. The van der Waals surface area contributed by atoms with E-state index in [4.69, 9.17) is 9.15 Å². The van der Waals surface area contributed by atoms with Gasteiger partial charge in [0, 0.05) is 11.5 Å². The average Bonchev–Trinajstić information content (AvgIpc) is 3.32. The summed E-state index contributed by atoms with van der Waals surface area (Å²) in [4.78, 5) is 26.2. The summed E-state index contributed by atoms with van der Waals surface area (Å²) < 4.78 is 11.0. The Hall–Kier alpha value is -4.84. The molecule has 1 amide bonds. The molecule has 0 fully saturated rings. The lowest BCUT2D eigenvalue weighted by Gasteiger charge is -2.21. The highest BCUT2D eigenvalue weighted by atomic mass is 16.5. The number of hydrogen-bond acceptors (Lipinski definition) is 4. The predicted octanol–water partition coefficient (Wildman–Crippen LogP) is 7.37. The molecular formula is C29H21NO5. The topological polar surface area (TPSA) is 80.0 Å². The van der Waals surface area contributed by atoms with Crippen molar-refractivity contribution < 1.29 is 23.8 Å². The van der Waals surface area contributed by atoms with Crippen molar-refractivity contribution in [2.75, 3.05) is 12.0 Å². The highest BCUT2D eigenvalue weighted by molar-refractivity contribution is 6.05. The molecule has 0 atom stereocenters. The number of carboxylic acid groups (broad SMARTS) is 1. The maximum atomic E-state index is 12.9. The predicted molar refractivity (Wildman–Crippen MR) is 135 cm³/mol. The van der Waals surface area contributed by atoms with Gasteiger partial charge in [0.15, 0.2) is 0 Å². The molecule has 0 saturated carbocycles. The second-order valence-electron chi connectivity index (χ2n) is 7.91. The third-order valence-electron chi connectivity index (χ3n) is 5.76. The van der Waals surface area contributed by atoms with Crippen LogP contribution in [0.25, 0.3) is 33.2 Å². The van der Waals surface area contributed by atoms with Crippen LogP contribution in [0.15, 0.2) is 108 Å². The average molecular weight is 463 g/mol. The number of carboxylic acids is 1. The molecule has 5 aromatic rings. The quantitative estimate of drug-likeness (QED) is 0.294. The van der Waals surface area contributed by atoms with Crippen LogP contribution < -0.4 is 4.90 Å². The number of carbonyl (C=O) groups excluding carboxylic acids is 1. The molecule has 172 valence electrons. The summed E-state index contributed by atoms with van der Waals surface area (Å²) >= 11 is 0. The molecule has 5 rings (SSSR count). The minimum Gasteiger partial charge on any atom is -0.478 e. The molecule has 0 aliphatic rings. The first-order valence-electron chi connectivity index (χ1n) is 10.9. The van der Waals surface area contributed by atoms with Gasteiger partial charge in [-0.2, -0.15) is 0 Å². The van der Waals surface area contributed by atoms with Gasteiger partial charge >= 0.3 is 12.1 Å². The minimum absolute atomic E-state index is 0.0535. The Morgan fingerprint density at radius 3 is 1.94 bits per heavy atom. The first-order chi connectivity index (χ1) is 17.0. The van der Waals surface area contributed by atoms with Gasteiger partial charge in [-0.25, -0.2) is 14.5 Å². The van der Waals surface area contributed by atoms with Gasteiger partial charge in [0.1, 0.15) is 5.58 Å². The van der Waals surface area contributed by atoms with Gasteiger partial charge in [-0.3, -0.25) is 0 Å². The monoisotopic (exact) mass is 463 g/mol. The number of rotatable bonds is 5. The van der Waals surface area contributed by atoms with Crippen LogP contribution in [0.5, 0.6) is 0 Å². The van der Waals surface area contributed by atoms with Crippen LogP contribution in [0.1, 0.15) is 10.4 Å². The summed E-state index contributed by atoms with van der Waals surface area (Å²) in [7, 11) is 1.24. The second-order valence-corrected chi connectivity index (χ2v) is 7.91. The molecular weight excluding hydrogens is 442 g/mol. The molecule has 4 aromatic carbocycles. The molecule has 0 spiro atoms. The van der Waals surface area contributed by atoms with E-state index in [1.807, 2.05) is 78.9 Å². The highest BCUT2D eigenvalue weighted by Crippen LogP contribution is 2.37. The maximum Gasteiger partial charge on any atom is 0.421 e. The van der Waals surface area contributed by atoms with Crippen LogP contribution >= 0.6 is 0 Å². The minimum atomic E-state index is -1.17. The Balaban J connectivity index is 1.62. The Morgan fingerprint density at radius 1 is 0.743 bits per heavy atom. The van der Waals surface area contributed by atoms with E-state index in [9.17, 15) is 14.7 Å². The van der Waals surface area contributed by atoms with Crippen LogP contribution in [0.4, 0.5) is 16.4 Å². The van der Waals surface area contributed by atoms with E-state index in [-0.39, 0.29) is 17.1 Å². The van der Waals surface area contributed by atoms with Crippen molar-refractivity contribution >= 4 is 34.6 Å². The summed E-state index contributed by atoms with van der Waals surface area (Å²) in [6.07, 6.45) is -0.762. The maximum absolute atomic E-state index is 12.9. The number of methoxy groups -OCH3 is 1. The van der Waals surface area contributed by atoms with E-state index in [0.717, 1.165) is 27.0 Å². The number of fused-ring (bicyclic) bond motifs is 1. The summed E-state index contributed by atoms with van der Waals surface area (Å²) in [5, 5.41) is 10.8. The zero-order valence-electron chi connectivity index (χ0n) is 18.8. The molecule has 0 aliphatic carbocycles. The normalized spacial score (nSPS) is 10.8. The van der Waals surface area contributed by atoms with Crippen LogP contribution in [0, 0.1) is 0 Å². The molecule has 1 N–H and O–H groups in total. The lowest BCUT2D eigenvalue weighted by Crippen LogP contribution is -2.27. The lowest BCUT2D eigenvalue weighted by atomic mass is 10.0. The Kier molecular flexibility index (Phi) is 5.77. The summed E-state index contributed by atoms with van der Waals surface area (Å²) in [6, 6.07) is 31.7.